The van der Waals surface area contributed by atoms with Crippen LogP contribution < -0.4 is 5.32 Å². The zero-order valence-electron chi connectivity index (χ0n) is 10.1. The number of anilines is 1. The van der Waals surface area contributed by atoms with E-state index in [0.29, 0.717) is 5.56 Å². The first kappa shape index (κ1) is 15.3. The lowest BCUT2D eigenvalue weighted by molar-refractivity contribution is -0.393. The van der Waals surface area contributed by atoms with Crippen molar-refractivity contribution in [3.05, 3.63) is 58.3 Å². The predicted octanol–water partition coefficient (Wildman–Crippen LogP) is 3.42. The second-order valence-electron chi connectivity index (χ2n) is 3.81. The van der Waals surface area contributed by atoms with Gasteiger partial charge in [0.15, 0.2) is 0 Å². The Labute approximate surface area is 135 Å². The first-order valence-electron chi connectivity index (χ1n) is 5.36. The summed E-state index contributed by atoms with van der Waals surface area (Å²) in [5.74, 6) is -0.508. The van der Waals surface area contributed by atoms with E-state index in [1.165, 1.54) is 11.3 Å². The van der Waals surface area contributed by atoms with E-state index in [4.69, 9.17) is 0 Å². The number of benzene rings is 1. The average Bonchev–Trinajstić information content (AvgIpc) is 2.85. The van der Waals surface area contributed by atoms with E-state index in [0.717, 1.165) is 21.1 Å². The molecule has 0 fully saturated rings. The highest BCUT2D eigenvalue weighted by molar-refractivity contribution is 14.1. The zero-order valence-corrected chi connectivity index (χ0v) is 13.1. The average molecular weight is 419 g/mol. The van der Waals surface area contributed by atoms with Gasteiger partial charge in [-0.3, -0.25) is 25.0 Å². The number of halogens is 1. The van der Waals surface area contributed by atoms with E-state index < -0.39 is 27.1 Å². The van der Waals surface area contributed by atoms with E-state index in [1.54, 1.807) is 11.4 Å². The monoisotopic (exact) mass is 419 g/mol. The molecule has 1 N–H and O–H groups in total. The fraction of sp³-hybridized carbons (Fsp3) is 0. The van der Waals surface area contributed by atoms with Gasteiger partial charge in [-0.1, -0.05) is 0 Å². The third kappa shape index (κ3) is 3.52. The number of amides is 1. The van der Waals surface area contributed by atoms with Gasteiger partial charge < -0.3 is 5.32 Å². The van der Waals surface area contributed by atoms with Crippen molar-refractivity contribution in [2.24, 2.45) is 0 Å². The summed E-state index contributed by atoms with van der Waals surface area (Å²) in [6.45, 7) is 0. The van der Waals surface area contributed by atoms with Crippen LogP contribution in [-0.4, -0.2) is 15.8 Å². The highest BCUT2D eigenvalue weighted by Gasteiger charge is 2.21. The molecule has 1 heterocycles. The lowest BCUT2D eigenvalue weighted by atomic mass is 10.2. The van der Waals surface area contributed by atoms with Crippen LogP contribution >= 0.6 is 33.9 Å². The molecule has 1 aromatic heterocycles. The van der Waals surface area contributed by atoms with Crippen LogP contribution in [0.2, 0.25) is 0 Å². The molecule has 0 aliphatic rings. The van der Waals surface area contributed by atoms with Crippen LogP contribution in [0.1, 0.15) is 10.4 Å². The molecule has 0 unspecified atom stereocenters. The predicted molar refractivity (Wildman–Crippen MR) is 84.7 cm³/mol. The molecule has 2 aromatic rings. The van der Waals surface area contributed by atoms with Gasteiger partial charge in [-0.25, -0.2) is 0 Å². The number of hydrogen-bond acceptors (Lipinski definition) is 6. The van der Waals surface area contributed by atoms with Crippen molar-refractivity contribution in [3.63, 3.8) is 0 Å². The van der Waals surface area contributed by atoms with Gasteiger partial charge in [0, 0.05) is 11.4 Å². The van der Waals surface area contributed by atoms with Gasteiger partial charge in [0.05, 0.1) is 24.4 Å². The summed E-state index contributed by atoms with van der Waals surface area (Å²) in [5, 5.41) is 25.6. The lowest BCUT2D eigenvalue weighted by Gasteiger charge is -2.04. The number of nitro groups is 2. The number of hydrogen-bond donors (Lipinski definition) is 1. The third-order valence-electron chi connectivity index (χ3n) is 2.47. The topological polar surface area (TPSA) is 115 Å². The number of nitrogens with one attached hydrogen (secondary N) is 1. The van der Waals surface area contributed by atoms with Crippen molar-refractivity contribution in [2.45, 2.75) is 0 Å². The van der Waals surface area contributed by atoms with Gasteiger partial charge in [-0.15, -0.1) is 11.3 Å². The molecular formula is C11H6IN3O5S. The van der Waals surface area contributed by atoms with Crippen LogP contribution in [0.25, 0.3) is 0 Å². The summed E-state index contributed by atoms with van der Waals surface area (Å²) in [5.41, 5.74) is -0.652. The summed E-state index contributed by atoms with van der Waals surface area (Å²) in [6, 6.07) is 4.69. The molecule has 10 heteroatoms. The third-order valence-corrected chi connectivity index (χ3v) is 4.26. The minimum absolute atomic E-state index is 0.0863. The molecule has 0 aliphatic heterocycles. The normalized spacial score (nSPS) is 10.1. The molecule has 8 nitrogen and oxygen atoms in total. The summed E-state index contributed by atoms with van der Waals surface area (Å²) in [4.78, 5) is 32.0. The number of nitrogens with zero attached hydrogens (tertiary/aromatic N) is 2. The highest BCUT2D eigenvalue weighted by atomic mass is 127. The van der Waals surface area contributed by atoms with Crippen molar-refractivity contribution >= 4 is 56.9 Å². The maximum absolute atomic E-state index is 12.0. The van der Waals surface area contributed by atoms with E-state index in [2.05, 4.69) is 5.32 Å². The van der Waals surface area contributed by atoms with Crippen LogP contribution in [0.15, 0.2) is 29.6 Å². The van der Waals surface area contributed by atoms with Gasteiger partial charge in [0.25, 0.3) is 17.3 Å². The van der Waals surface area contributed by atoms with Crippen molar-refractivity contribution in [1.29, 1.82) is 0 Å². The Morgan fingerprint density at radius 3 is 2.43 bits per heavy atom. The Morgan fingerprint density at radius 1 is 1.19 bits per heavy atom. The second kappa shape index (κ2) is 6.13. The van der Waals surface area contributed by atoms with Gasteiger partial charge in [-0.05, 0) is 34.7 Å². The Kier molecular flexibility index (Phi) is 4.47. The van der Waals surface area contributed by atoms with Crippen molar-refractivity contribution in [2.75, 3.05) is 5.32 Å². The molecule has 0 bridgehead atoms. The molecule has 1 amide bonds. The second-order valence-corrected chi connectivity index (χ2v) is 6.61. The first-order valence-corrected chi connectivity index (χ1v) is 7.32. The quantitative estimate of drug-likeness (QED) is 0.463. The van der Waals surface area contributed by atoms with Gasteiger partial charge in [0.1, 0.15) is 5.69 Å². The number of carbonyl (C=O) groups is 1. The largest absolute Gasteiger partial charge is 0.316 e. The fourth-order valence-electron chi connectivity index (χ4n) is 1.51. The molecule has 0 saturated carbocycles. The van der Waals surface area contributed by atoms with E-state index in [9.17, 15) is 25.0 Å². The standard InChI is InChI=1S/C11H6IN3O5S/c12-10-3-6(5-21-10)11(16)13-8-2-1-7(14(17)18)4-9(8)15(19)20/h1-5H,(H,13,16). The summed E-state index contributed by atoms with van der Waals surface area (Å²) < 4.78 is 0.899. The molecule has 0 atom stereocenters. The fourth-order valence-corrected chi connectivity index (χ4v) is 2.84. The van der Waals surface area contributed by atoms with E-state index >= 15 is 0 Å². The SMILES string of the molecule is O=C(Nc1ccc([N+](=O)[O-])cc1[N+](=O)[O-])c1csc(I)c1. The van der Waals surface area contributed by atoms with Crippen LogP contribution in [0, 0.1) is 23.1 Å². The number of non-ortho nitro benzene ring substituents is 1. The maximum Gasteiger partial charge on any atom is 0.299 e. The van der Waals surface area contributed by atoms with Crippen molar-refractivity contribution in [3.8, 4) is 0 Å². The Morgan fingerprint density at radius 2 is 1.90 bits per heavy atom. The highest BCUT2D eigenvalue weighted by Crippen LogP contribution is 2.29. The maximum atomic E-state index is 12.0. The number of rotatable bonds is 4. The smallest absolute Gasteiger partial charge is 0.299 e. The van der Waals surface area contributed by atoms with Gasteiger partial charge in [0.2, 0.25) is 0 Å². The summed E-state index contributed by atoms with van der Waals surface area (Å²) >= 11 is 3.41. The van der Waals surface area contributed by atoms with Crippen LogP contribution in [0.5, 0.6) is 0 Å². The van der Waals surface area contributed by atoms with Crippen LogP contribution in [-0.2, 0) is 0 Å². The molecule has 0 radical (unpaired) electrons. The molecular weight excluding hydrogens is 413 g/mol. The zero-order chi connectivity index (χ0) is 15.6. The van der Waals surface area contributed by atoms with Gasteiger partial charge in [-0.2, -0.15) is 0 Å². The number of thiophene rings is 1. The Bertz CT molecular complexity index is 745. The summed E-state index contributed by atoms with van der Waals surface area (Å²) in [7, 11) is 0. The molecule has 108 valence electrons. The van der Waals surface area contributed by atoms with Gasteiger partial charge >= 0.3 is 0 Å². The molecule has 1 aromatic carbocycles. The number of nitro benzene ring substituents is 2. The molecule has 0 saturated heterocycles. The Balaban J connectivity index is 2.33. The number of carbonyl (C=O) groups excluding carboxylic acids is 1. The van der Waals surface area contributed by atoms with Crippen LogP contribution in [0.3, 0.4) is 0 Å². The van der Waals surface area contributed by atoms with E-state index in [-0.39, 0.29) is 5.69 Å². The minimum atomic E-state index is -0.778. The van der Waals surface area contributed by atoms with Crippen LogP contribution in [0.4, 0.5) is 17.1 Å². The first-order chi connectivity index (χ1) is 9.88. The molecule has 0 aliphatic carbocycles. The van der Waals surface area contributed by atoms with Crippen molar-refractivity contribution < 1.29 is 14.6 Å². The molecule has 2 rings (SSSR count). The lowest BCUT2D eigenvalue weighted by Crippen LogP contribution is -2.12. The Hall–Kier alpha value is -2.08. The molecule has 21 heavy (non-hydrogen) atoms. The molecule has 0 spiro atoms. The van der Waals surface area contributed by atoms with Crippen molar-refractivity contribution in [1.82, 2.24) is 0 Å². The summed E-state index contributed by atoms with van der Waals surface area (Å²) in [6.07, 6.45) is 0. The minimum Gasteiger partial charge on any atom is -0.316 e. The van der Waals surface area contributed by atoms with E-state index in [1.807, 2.05) is 22.6 Å².